The van der Waals surface area contributed by atoms with Gasteiger partial charge in [-0.1, -0.05) is 0 Å². The Morgan fingerprint density at radius 2 is 2.10 bits per heavy atom. The van der Waals surface area contributed by atoms with Crippen LogP contribution in [0.2, 0.25) is 0 Å². The Labute approximate surface area is 120 Å². The zero-order chi connectivity index (χ0) is 14.9. The molecule has 1 aliphatic rings. The molecule has 1 aromatic carbocycles. The molecule has 20 heavy (non-hydrogen) atoms. The van der Waals surface area contributed by atoms with E-state index in [-0.39, 0.29) is 30.5 Å². The molecule has 0 N–H and O–H groups in total. The van der Waals surface area contributed by atoms with Crippen molar-refractivity contribution in [2.45, 2.75) is 6.42 Å². The van der Waals surface area contributed by atoms with Crippen LogP contribution < -0.4 is 4.90 Å². The second kappa shape index (κ2) is 5.78. The number of esters is 1. The van der Waals surface area contributed by atoms with Crippen molar-refractivity contribution in [1.82, 2.24) is 0 Å². The number of thiol groups is 1. The molecule has 1 aromatic rings. The first kappa shape index (κ1) is 14.8. The number of rotatable bonds is 3. The average molecular weight is 301 g/mol. The molecule has 1 aliphatic heterocycles. The van der Waals surface area contributed by atoms with Crippen molar-refractivity contribution < 1.29 is 23.1 Å². The summed E-state index contributed by atoms with van der Waals surface area (Å²) in [7, 11) is 1.07. The Morgan fingerprint density at radius 1 is 1.45 bits per heavy atom. The Morgan fingerprint density at radius 3 is 2.65 bits per heavy atom. The minimum atomic E-state index is -1.01. The lowest BCUT2D eigenvalue weighted by Crippen LogP contribution is -2.28. The third-order valence-corrected chi connectivity index (χ3v) is 3.72. The van der Waals surface area contributed by atoms with Crippen LogP contribution in [0.15, 0.2) is 12.1 Å². The molecule has 7 heteroatoms. The largest absolute Gasteiger partial charge is 0.465 e. The van der Waals surface area contributed by atoms with Crippen LogP contribution in [0.5, 0.6) is 0 Å². The van der Waals surface area contributed by atoms with Gasteiger partial charge in [0.25, 0.3) is 0 Å². The third kappa shape index (κ3) is 2.49. The highest BCUT2D eigenvalue weighted by Crippen LogP contribution is 2.32. The number of nitrogens with zero attached hydrogens (tertiary/aromatic N) is 1. The van der Waals surface area contributed by atoms with Gasteiger partial charge in [-0.3, -0.25) is 4.79 Å². The summed E-state index contributed by atoms with van der Waals surface area (Å²) in [5.74, 6) is -2.74. The number of methoxy groups -OCH3 is 1. The molecule has 0 saturated carbocycles. The number of halogens is 2. The number of anilines is 1. The lowest BCUT2D eigenvalue weighted by atomic mass is 10.1. The summed E-state index contributed by atoms with van der Waals surface area (Å²) in [5, 5.41) is 0. The van der Waals surface area contributed by atoms with E-state index in [0.717, 1.165) is 24.1 Å². The van der Waals surface area contributed by atoms with Crippen LogP contribution in [0.4, 0.5) is 14.5 Å². The van der Waals surface area contributed by atoms with E-state index in [2.05, 4.69) is 17.4 Å². The smallest absolute Gasteiger partial charge is 0.343 e. The fourth-order valence-corrected chi connectivity index (χ4v) is 2.47. The maximum atomic E-state index is 14.0. The molecule has 1 amide bonds. The van der Waals surface area contributed by atoms with Gasteiger partial charge in [0.05, 0.1) is 12.8 Å². The highest BCUT2D eigenvalue weighted by atomic mass is 32.1. The molecule has 2 rings (SSSR count). The quantitative estimate of drug-likeness (QED) is 0.686. The SMILES string of the molecule is COC(=O)c1c(F)ccc(F)c1N1CC(CS)CC1=O. The Balaban J connectivity index is 2.53. The van der Waals surface area contributed by atoms with Gasteiger partial charge in [0.1, 0.15) is 17.2 Å². The summed E-state index contributed by atoms with van der Waals surface area (Å²) in [6.07, 6.45) is 0.195. The van der Waals surface area contributed by atoms with Crippen LogP contribution in [0.25, 0.3) is 0 Å². The second-order valence-corrected chi connectivity index (χ2v) is 4.87. The van der Waals surface area contributed by atoms with E-state index in [1.807, 2.05) is 0 Å². The minimum absolute atomic E-state index is 0.0565. The van der Waals surface area contributed by atoms with Crippen molar-refractivity contribution in [3.63, 3.8) is 0 Å². The van der Waals surface area contributed by atoms with Gasteiger partial charge in [-0.05, 0) is 23.8 Å². The maximum Gasteiger partial charge on any atom is 0.343 e. The summed E-state index contributed by atoms with van der Waals surface area (Å²) in [4.78, 5) is 24.7. The number of benzene rings is 1. The zero-order valence-electron chi connectivity index (χ0n) is 10.7. The van der Waals surface area contributed by atoms with Crippen LogP contribution in [0.3, 0.4) is 0 Å². The number of carbonyl (C=O) groups excluding carboxylic acids is 2. The molecule has 0 radical (unpaired) electrons. The summed E-state index contributed by atoms with van der Waals surface area (Å²) in [5.41, 5.74) is -0.910. The van der Waals surface area contributed by atoms with Crippen molar-refractivity contribution in [3.8, 4) is 0 Å². The summed E-state index contributed by atoms with van der Waals surface area (Å²) in [6.45, 7) is 0.201. The summed E-state index contributed by atoms with van der Waals surface area (Å²) < 4.78 is 32.3. The molecule has 0 aliphatic carbocycles. The molecule has 1 heterocycles. The van der Waals surface area contributed by atoms with E-state index < -0.39 is 23.2 Å². The van der Waals surface area contributed by atoms with E-state index in [1.165, 1.54) is 0 Å². The van der Waals surface area contributed by atoms with Crippen molar-refractivity contribution in [2.24, 2.45) is 5.92 Å². The van der Waals surface area contributed by atoms with Gasteiger partial charge in [-0.15, -0.1) is 0 Å². The predicted molar refractivity (Wildman–Crippen MR) is 72.0 cm³/mol. The minimum Gasteiger partial charge on any atom is -0.465 e. The van der Waals surface area contributed by atoms with E-state index in [1.54, 1.807) is 0 Å². The molecule has 1 atom stereocenters. The van der Waals surface area contributed by atoms with Crippen LogP contribution >= 0.6 is 12.6 Å². The topological polar surface area (TPSA) is 46.6 Å². The number of carbonyl (C=O) groups is 2. The highest BCUT2D eigenvalue weighted by Gasteiger charge is 2.35. The summed E-state index contributed by atoms with van der Waals surface area (Å²) in [6, 6.07) is 1.72. The maximum absolute atomic E-state index is 14.0. The Bertz CT molecular complexity index is 565. The van der Waals surface area contributed by atoms with E-state index in [0.29, 0.717) is 5.75 Å². The third-order valence-electron chi connectivity index (χ3n) is 3.20. The first-order chi connectivity index (χ1) is 9.49. The first-order valence-corrected chi connectivity index (χ1v) is 6.60. The molecule has 1 fully saturated rings. The molecule has 1 saturated heterocycles. The van der Waals surface area contributed by atoms with Gasteiger partial charge < -0.3 is 9.64 Å². The van der Waals surface area contributed by atoms with E-state index in [4.69, 9.17) is 0 Å². The lowest BCUT2D eigenvalue weighted by molar-refractivity contribution is -0.117. The van der Waals surface area contributed by atoms with Crippen molar-refractivity contribution in [3.05, 3.63) is 29.3 Å². The monoisotopic (exact) mass is 301 g/mol. The van der Waals surface area contributed by atoms with Gasteiger partial charge in [0, 0.05) is 13.0 Å². The number of ether oxygens (including phenoxy) is 1. The standard InChI is InChI=1S/C13H13F2NO3S/c1-19-13(18)11-8(14)2-3-9(15)12(11)16-5-7(6-20)4-10(16)17/h2-3,7,20H,4-6H2,1H3. The van der Waals surface area contributed by atoms with Gasteiger partial charge >= 0.3 is 5.97 Å². The van der Waals surface area contributed by atoms with E-state index in [9.17, 15) is 18.4 Å². The summed E-state index contributed by atoms with van der Waals surface area (Å²) >= 11 is 4.10. The molecule has 1 unspecified atom stereocenters. The zero-order valence-corrected chi connectivity index (χ0v) is 11.6. The number of amides is 1. The number of hydrogen-bond donors (Lipinski definition) is 1. The van der Waals surface area contributed by atoms with Gasteiger partial charge in [0.2, 0.25) is 5.91 Å². The molecular weight excluding hydrogens is 288 g/mol. The fraction of sp³-hybridized carbons (Fsp3) is 0.385. The van der Waals surface area contributed by atoms with Crippen LogP contribution in [0, 0.1) is 17.6 Å². The van der Waals surface area contributed by atoms with Crippen LogP contribution in [-0.4, -0.2) is 31.3 Å². The van der Waals surface area contributed by atoms with E-state index >= 15 is 0 Å². The predicted octanol–water partition coefficient (Wildman–Crippen LogP) is 2.03. The van der Waals surface area contributed by atoms with Crippen LogP contribution in [-0.2, 0) is 9.53 Å². The van der Waals surface area contributed by atoms with Gasteiger partial charge in [-0.25, -0.2) is 13.6 Å². The molecule has 0 aromatic heterocycles. The average Bonchev–Trinajstić information content (AvgIpc) is 2.81. The Kier molecular flexibility index (Phi) is 4.27. The molecular formula is C13H13F2NO3S. The van der Waals surface area contributed by atoms with Gasteiger partial charge in [-0.2, -0.15) is 12.6 Å². The number of hydrogen-bond acceptors (Lipinski definition) is 4. The van der Waals surface area contributed by atoms with Crippen molar-refractivity contribution in [2.75, 3.05) is 24.3 Å². The van der Waals surface area contributed by atoms with Crippen LogP contribution in [0.1, 0.15) is 16.8 Å². The van der Waals surface area contributed by atoms with Gasteiger partial charge in [0.15, 0.2) is 0 Å². The van der Waals surface area contributed by atoms with Crippen molar-refractivity contribution in [1.29, 1.82) is 0 Å². The Hall–Kier alpha value is -1.63. The fourth-order valence-electron chi connectivity index (χ4n) is 2.22. The normalized spacial score (nSPS) is 18.5. The molecule has 108 valence electrons. The molecule has 0 spiro atoms. The van der Waals surface area contributed by atoms with Crippen molar-refractivity contribution >= 4 is 30.2 Å². The first-order valence-electron chi connectivity index (χ1n) is 5.97. The molecule has 4 nitrogen and oxygen atoms in total. The second-order valence-electron chi connectivity index (χ2n) is 4.50. The lowest BCUT2D eigenvalue weighted by Gasteiger charge is -2.20. The highest BCUT2D eigenvalue weighted by molar-refractivity contribution is 7.80. The molecule has 0 bridgehead atoms.